The van der Waals surface area contributed by atoms with Crippen molar-refractivity contribution in [1.29, 1.82) is 0 Å². The van der Waals surface area contributed by atoms with E-state index in [0.717, 1.165) is 28.9 Å². The second-order valence-electron chi connectivity index (χ2n) is 3.93. The van der Waals surface area contributed by atoms with Gasteiger partial charge in [0, 0.05) is 12.5 Å². The number of hydrogen-bond acceptors (Lipinski definition) is 4. The molecule has 0 aromatic carbocycles. The van der Waals surface area contributed by atoms with Gasteiger partial charge >= 0.3 is 0 Å². The molecule has 1 rings (SSSR count). The van der Waals surface area contributed by atoms with Gasteiger partial charge in [0.2, 0.25) is 0 Å². The average Bonchev–Trinajstić information content (AvgIpc) is 2.16. The van der Waals surface area contributed by atoms with Gasteiger partial charge in [0.1, 0.15) is 16.7 Å². The first-order valence-corrected chi connectivity index (χ1v) is 6.36. The lowest BCUT2D eigenvalue weighted by Crippen LogP contribution is -2.00. The van der Waals surface area contributed by atoms with E-state index < -0.39 is 0 Å². The van der Waals surface area contributed by atoms with E-state index in [-0.39, 0.29) is 0 Å². The fraction of sp³-hybridized carbons (Fsp3) is 0.636. The van der Waals surface area contributed by atoms with Crippen molar-refractivity contribution in [2.75, 3.05) is 11.5 Å². The molecule has 0 saturated heterocycles. The van der Waals surface area contributed by atoms with Crippen LogP contribution in [-0.4, -0.2) is 15.7 Å². The van der Waals surface area contributed by atoms with Gasteiger partial charge in [-0.15, -0.1) is 11.8 Å². The molecule has 0 amide bonds. The monoisotopic (exact) mass is 225 g/mol. The molecule has 1 aromatic heterocycles. The highest BCUT2D eigenvalue weighted by molar-refractivity contribution is 7.99. The van der Waals surface area contributed by atoms with Crippen molar-refractivity contribution in [3.63, 3.8) is 0 Å². The molecule has 4 heteroatoms. The minimum Gasteiger partial charge on any atom is -0.384 e. The number of aryl methyl sites for hydroxylation is 1. The number of hydrogen-bond donors (Lipinski definition) is 1. The van der Waals surface area contributed by atoms with Crippen LogP contribution in [0.15, 0.2) is 11.1 Å². The summed E-state index contributed by atoms with van der Waals surface area (Å²) in [5, 5.41) is 1.00. The van der Waals surface area contributed by atoms with Crippen LogP contribution in [0.5, 0.6) is 0 Å². The van der Waals surface area contributed by atoms with E-state index >= 15 is 0 Å². The van der Waals surface area contributed by atoms with Gasteiger partial charge < -0.3 is 5.73 Å². The summed E-state index contributed by atoms with van der Waals surface area (Å²) in [6, 6.07) is 1.85. The van der Waals surface area contributed by atoms with Gasteiger partial charge in [-0.2, -0.15) is 0 Å². The molecular formula is C11H19N3S. The van der Waals surface area contributed by atoms with Gasteiger partial charge in [-0.1, -0.05) is 20.8 Å². The van der Waals surface area contributed by atoms with Crippen molar-refractivity contribution >= 4 is 17.6 Å². The summed E-state index contributed by atoms with van der Waals surface area (Å²) in [6.07, 6.45) is 2.04. The number of anilines is 1. The second kappa shape index (κ2) is 5.95. The van der Waals surface area contributed by atoms with Crippen LogP contribution in [0.25, 0.3) is 0 Å². The molecule has 0 aliphatic heterocycles. The highest BCUT2D eigenvalue weighted by Crippen LogP contribution is 2.19. The summed E-state index contributed by atoms with van der Waals surface area (Å²) >= 11 is 1.76. The minimum absolute atomic E-state index is 0.578. The van der Waals surface area contributed by atoms with Crippen LogP contribution in [0.4, 0.5) is 5.82 Å². The van der Waals surface area contributed by atoms with E-state index in [1.165, 1.54) is 6.42 Å². The van der Waals surface area contributed by atoms with Gasteiger partial charge in [-0.25, -0.2) is 9.97 Å². The van der Waals surface area contributed by atoms with Gasteiger partial charge in [-0.3, -0.25) is 0 Å². The number of nitrogen functional groups attached to an aromatic ring is 1. The van der Waals surface area contributed by atoms with Crippen LogP contribution in [0.3, 0.4) is 0 Å². The Labute approximate surface area is 95.9 Å². The van der Waals surface area contributed by atoms with E-state index in [2.05, 4.69) is 23.8 Å². The molecule has 15 heavy (non-hydrogen) atoms. The van der Waals surface area contributed by atoms with Gasteiger partial charge in [0.05, 0.1) is 0 Å². The highest BCUT2D eigenvalue weighted by atomic mass is 32.2. The molecular weight excluding hydrogens is 206 g/mol. The van der Waals surface area contributed by atoms with Gasteiger partial charge in [-0.05, 0) is 18.1 Å². The van der Waals surface area contributed by atoms with Crippen molar-refractivity contribution in [3.8, 4) is 0 Å². The summed E-state index contributed by atoms with van der Waals surface area (Å²) in [7, 11) is 0. The Morgan fingerprint density at radius 3 is 2.73 bits per heavy atom. The fourth-order valence-electron chi connectivity index (χ4n) is 1.12. The minimum atomic E-state index is 0.578. The molecule has 84 valence electrons. The predicted molar refractivity (Wildman–Crippen MR) is 66.0 cm³/mol. The summed E-state index contributed by atoms with van der Waals surface area (Å²) < 4.78 is 0. The predicted octanol–water partition coefficient (Wildman–Crippen LogP) is 2.76. The maximum atomic E-state index is 5.70. The van der Waals surface area contributed by atoms with Crippen LogP contribution >= 0.6 is 11.8 Å². The summed E-state index contributed by atoms with van der Waals surface area (Å²) in [5.74, 6) is 3.25. The maximum Gasteiger partial charge on any atom is 0.131 e. The lowest BCUT2D eigenvalue weighted by molar-refractivity contribution is 0.632. The first kappa shape index (κ1) is 12.3. The van der Waals surface area contributed by atoms with E-state index in [4.69, 9.17) is 5.73 Å². The Kier molecular flexibility index (Phi) is 4.88. The van der Waals surface area contributed by atoms with Crippen LogP contribution in [0.2, 0.25) is 0 Å². The lowest BCUT2D eigenvalue weighted by Gasteiger charge is -2.05. The quantitative estimate of drug-likeness (QED) is 0.618. The van der Waals surface area contributed by atoms with E-state index in [0.29, 0.717) is 5.82 Å². The molecule has 0 spiro atoms. The fourth-order valence-corrected chi connectivity index (χ4v) is 2.30. The molecule has 0 aliphatic rings. The number of nitrogens with two attached hydrogens (primary N) is 1. The third kappa shape index (κ3) is 4.51. The molecule has 1 aromatic rings. The van der Waals surface area contributed by atoms with Crippen molar-refractivity contribution in [2.45, 2.75) is 38.6 Å². The lowest BCUT2D eigenvalue weighted by atomic mass is 10.2. The molecule has 0 unspecified atom stereocenters. The van der Waals surface area contributed by atoms with Crippen molar-refractivity contribution < 1.29 is 0 Å². The molecule has 0 saturated carbocycles. The molecule has 3 nitrogen and oxygen atoms in total. The van der Waals surface area contributed by atoms with Crippen LogP contribution in [0.1, 0.15) is 33.0 Å². The Bertz CT molecular complexity index is 313. The number of nitrogens with zero attached hydrogens (tertiary/aromatic N) is 2. The topological polar surface area (TPSA) is 51.8 Å². The second-order valence-corrected chi connectivity index (χ2v) is 5.05. The number of rotatable bonds is 5. The molecule has 0 fully saturated rings. The zero-order valence-corrected chi connectivity index (χ0v) is 10.5. The molecule has 0 atom stereocenters. The Morgan fingerprint density at radius 1 is 1.40 bits per heavy atom. The smallest absolute Gasteiger partial charge is 0.131 e. The number of thioether (sulfide) groups is 1. The Morgan fingerprint density at radius 2 is 2.13 bits per heavy atom. The van der Waals surface area contributed by atoms with Crippen molar-refractivity contribution in [1.82, 2.24) is 9.97 Å². The third-order valence-corrected chi connectivity index (χ3v) is 2.97. The standard InChI is InChI=1S/C11H19N3S/c1-4-10-13-9(12)7-11(14-10)15-6-5-8(2)3/h7-8H,4-6H2,1-3H3,(H2,12,13,14). The first-order valence-electron chi connectivity index (χ1n) is 5.38. The zero-order valence-electron chi connectivity index (χ0n) is 9.66. The summed E-state index contributed by atoms with van der Waals surface area (Å²) in [5.41, 5.74) is 5.70. The molecule has 0 radical (unpaired) electrons. The molecule has 0 aliphatic carbocycles. The summed E-state index contributed by atoms with van der Waals surface area (Å²) in [4.78, 5) is 8.57. The van der Waals surface area contributed by atoms with E-state index in [1.807, 2.05) is 13.0 Å². The largest absolute Gasteiger partial charge is 0.384 e. The highest BCUT2D eigenvalue weighted by Gasteiger charge is 2.02. The van der Waals surface area contributed by atoms with Crippen LogP contribution in [-0.2, 0) is 6.42 Å². The molecule has 2 N–H and O–H groups in total. The normalized spacial score (nSPS) is 10.9. The Balaban J connectivity index is 2.56. The van der Waals surface area contributed by atoms with Crippen molar-refractivity contribution in [2.24, 2.45) is 5.92 Å². The SMILES string of the molecule is CCc1nc(N)cc(SCCC(C)C)n1. The molecule has 0 bridgehead atoms. The van der Waals surface area contributed by atoms with Crippen LogP contribution < -0.4 is 5.73 Å². The maximum absolute atomic E-state index is 5.70. The first-order chi connectivity index (χ1) is 7.11. The average molecular weight is 225 g/mol. The van der Waals surface area contributed by atoms with Crippen LogP contribution in [0, 0.1) is 5.92 Å². The van der Waals surface area contributed by atoms with Gasteiger partial charge in [0.15, 0.2) is 0 Å². The Hall–Kier alpha value is -0.770. The van der Waals surface area contributed by atoms with Crippen molar-refractivity contribution in [3.05, 3.63) is 11.9 Å². The zero-order chi connectivity index (χ0) is 11.3. The van der Waals surface area contributed by atoms with E-state index in [9.17, 15) is 0 Å². The van der Waals surface area contributed by atoms with Gasteiger partial charge in [0.25, 0.3) is 0 Å². The van der Waals surface area contributed by atoms with E-state index in [1.54, 1.807) is 11.8 Å². The third-order valence-electron chi connectivity index (χ3n) is 2.03. The molecule has 1 heterocycles. The number of aromatic nitrogens is 2. The summed E-state index contributed by atoms with van der Waals surface area (Å²) in [6.45, 7) is 6.50.